The quantitative estimate of drug-likeness (QED) is 0.160. The fourth-order valence-corrected chi connectivity index (χ4v) is 5.16. The summed E-state index contributed by atoms with van der Waals surface area (Å²) in [5, 5.41) is 46.1. The summed E-state index contributed by atoms with van der Waals surface area (Å²) in [6.45, 7) is 8.68. The highest BCUT2D eigenvalue weighted by molar-refractivity contribution is 6.06. The van der Waals surface area contributed by atoms with E-state index in [-0.39, 0.29) is 33.6 Å². The number of phenols is 1. The molecular formula is C31H36N2O11. The molecule has 13 heteroatoms. The Hall–Kier alpha value is -4.59. The Labute approximate surface area is 252 Å². The summed E-state index contributed by atoms with van der Waals surface area (Å²) in [6.07, 6.45) is -2.77. The fraction of sp³-hybridized carbons (Fsp3) is 0.387. The molecule has 2 amide bonds. The number of hydrogen-bond acceptors (Lipinski definition) is 10. The number of carbonyl (C=O) groups is 2. The number of amides is 2. The molecule has 0 spiro atoms. The van der Waals surface area contributed by atoms with Gasteiger partial charge in [-0.1, -0.05) is 11.6 Å². The highest BCUT2D eigenvalue weighted by atomic mass is 16.7. The molecular weight excluding hydrogens is 576 g/mol. The molecule has 6 N–H and O–H groups in total. The summed E-state index contributed by atoms with van der Waals surface area (Å²) in [7, 11) is 1.37. The van der Waals surface area contributed by atoms with Crippen molar-refractivity contribution in [2.75, 3.05) is 12.4 Å². The summed E-state index contributed by atoms with van der Waals surface area (Å²) >= 11 is 0. The summed E-state index contributed by atoms with van der Waals surface area (Å²) in [5.74, 6) is -1.10. The zero-order valence-corrected chi connectivity index (χ0v) is 25.1. The molecule has 44 heavy (non-hydrogen) atoms. The van der Waals surface area contributed by atoms with Gasteiger partial charge in [-0.3, -0.25) is 4.79 Å². The van der Waals surface area contributed by atoms with E-state index in [2.05, 4.69) is 10.6 Å². The smallest absolute Gasteiger partial charge is 0.405 e. The lowest BCUT2D eigenvalue weighted by molar-refractivity contribution is -0.281. The molecule has 2 heterocycles. The largest absolute Gasteiger partial charge is 0.508 e. The van der Waals surface area contributed by atoms with E-state index in [9.17, 15) is 34.8 Å². The molecule has 1 fully saturated rings. The lowest BCUT2D eigenvalue weighted by Gasteiger charge is -2.48. The third kappa shape index (κ3) is 6.49. The number of aromatic hydroxyl groups is 2. The Morgan fingerprint density at radius 2 is 1.84 bits per heavy atom. The first-order valence-electron chi connectivity index (χ1n) is 13.7. The predicted octanol–water partition coefficient (Wildman–Crippen LogP) is 3.80. The number of carboxylic acid groups (broad SMARTS) is 1. The maximum atomic E-state index is 13.0. The van der Waals surface area contributed by atoms with Gasteiger partial charge in [-0.05, 0) is 76.9 Å². The van der Waals surface area contributed by atoms with Crippen molar-refractivity contribution in [1.29, 1.82) is 0 Å². The number of anilines is 1. The second kappa shape index (κ2) is 12.6. The fourth-order valence-electron chi connectivity index (χ4n) is 5.16. The van der Waals surface area contributed by atoms with Gasteiger partial charge in [0.15, 0.2) is 11.4 Å². The molecule has 0 radical (unpaired) electrons. The van der Waals surface area contributed by atoms with Crippen LogP contribution in [0.2, 0.25) is 0 Å². The molecule has 3 aromatic rings. The Morgan fingerprint density at radius 3 is 2.48 bits per heavy atom. The summed E-state index contributed by atoms with van der Waals surface area (Å²) in [5.41, 5.74) is -0.678. The molecule has 0 saturated carbocycles. The van der Waals surface area contributed by atoms with Crippen molar-refractivity contribution in [3.8, 4) is 17.2 Å². The van der Waals surface area contributed by atoms with Gasteiger partial charge in [0.2, 0.25) is 6.29 Å². The van der Waals surface area contributed by atoms with Crippen molar-refractivity contribution in [3.05, 3.63) is 69.1 Å². The molecule has 1 aliphatic heterocycles. The lowest BCUT2D eigenvalue weighted by atomic mass is 9.87. The van der Waals surface area contributed by atoms with Crippen molar-refractivity contribution in [3.63, 3.8) is 0 Å². The minimum atomic E-state index is -1.49. The van der Waals surface area contributed by atoms with Gasteiger partial charge < -0.3 is 49.7 Å². The second-order valence-corrected chi connectivity index (χ2v) is 11.3. The van der Waals surface area contributed by atoms with E-state index < -0.39 is 59.2 Å². The zero-order valence-electron chi connectivity index (χ0n) is 25.1. The first-order valence-corrected chi connectivity index (χ1v) is 13.7. The monoisotopic (exact) mass is 612 g/mol. The van der Waals surface area contributed by atoms with Crippen LogP contribution in [0.4, 0.5) is 10.5 Å². The Morgan fingerprint density at radius 1 is 1.14 bits per heavy atom. The number of rotatable bonds is 8. The maximum Gasteiger partial charge on any atom is 0.405 e. The first-order chi connectivity index (χ1) is 20.6. The average molecular weight is 613 g/mol. The Kier molecular flexibility index (Phi) is 9.23. The number of fused-ring (bicyclic) bond motifs is 1. The average Bonchev–Trinajstić information content (AvgIpc) is 2.94. The number of aliphatic hydroxyl groups excluding tert-OH is 1. The van der Waals surface area contributed by atoms with Gasteiger partial charge in [0, 0.05) is 18.2 Å². The highest BCUT2D eigenvalue weighted by Gasteiger charge is 2.52. The van der Waals surface area contributed by atoms with Crippen LogP contribution in [0, 0.1) is 6.92 Å². The third-order valence-electron chi connectivity index (χ3n) is 7.42. The zero-order chi connectivity index (χ0) is 32.5. The van der Waals surface area contributed by atoms with E-state index in [1.165, 1.54) is 37.4 Å². The molecule has 236 valence electrons. The van der Waals surface area contributed by atoms with Gasteiger partial charge in [-0.2, -0.15) is 0 Å². The van der Waals surface area contributed by atoms with Crippen LogP contribution in [0.5, 0.6) is 17.2 Å². The number of aryl methyl sites for hydroxylation is 1. The van der Waals surface area contributed by atoms with Crippen LogP contribution >= 0.6 is 0 Å². The number of nitrogens with one attached hydrogen (secondary N) is 2. The normalized spacial score (nSPS) is 21.0. The van der Waals surface area contributed by atoms with Crippen LogP contribution in [-0.2, 0) is 15.9 Å². The van der Waals surface area contributed by atoms with Crippen molar-refractivity contribution in [1.82, 2.24) is 5.32 Å². The number of allylic oxidation sites excluding steroid dienone is 2. The number of hydrogen-bond donors (Lipinski definition) is 6. The second-order valence-electron chi connectivity index (χ2n) is 11.3. The molecule has 0 unspecified atom stereocenters. The third-order valence-corrected chi connectivity index (χ3v) is 7.42. The molecule has 13 nitrogen and oxygen atoms in total. The molecule has 1 aliphatic rings. The predicted molar refractivity (Wildman–Crippen MR) is 159 cm³/mol. The van der Waals surface area contributed by atoms with Gasteiger partial charge in [-0.15, -0.1) is 0 Å². The van der Waals surface area contributed by atoms with Crippen LogP contribution in [0.25, 0.3) is 11.0 Å². The molecule has 0 bridgehead atoms. The van der Waals surface area contributed by atoms with Crippen LogP contribution in [-0.4, -0.2) is 69.7 Å². The van der Waals surface area contributed by atoms with Gasteiger partial charge >= 0.3 is 11.7 Å². The minimum absolute atomic E-state index is 0.0162. The van der Waals surface area contributed by atoms with Crippen molar-refractivity contribution in [2.24, 2.45) is 0 Å². The maximum absolute atomic E-state index is 13.0. The van der Waals surface area contributed by atoms with E-state index >= 15 is 0 Å². The van der Waals surface area contributed by atoms with Gasteiger partial charge in [0.05, 0.1) is 17.0 Å². The molecule has 2 aromatic carbocycles. The first kappa shape index (κ1) is 32.3. The van der Waals surface area contributed by atoms with Crippen LogP contribution in [0.3, 0.4) is 0 Å². The number of aliphatic hydroxyl groups is 1. The summed E-state index contributed by atoms with van der Waals surface area (Å²) in [4.78, 5) is 37.4. The molecule has 0 aliphatic carbocycles. The van der Waals surface area contributed by atoms with Crippen molar-refractivity contribution in [2.45, 2.75) is 71.2 Å². The van der Waals surface area contributed by atoms with Crippen LogP contribution in [0.15, 0.2) is 51.2 Å². The number of phenolic OH excluding ortho intramolecular Hbond substituents is 1. The minimum Gasteiger partial charge on any atom is -0.508 e. The summed E-state index contributed by atoms with van der Waals surface area (Å²) in [6, 6.07) is 6.00. The van der Waals surface area contributed by atoms with Gasteiger partial charge in [0.1, 0.15) is 29.3 Å². The lowest BCUT2D eigenvalue weighted by Crippen LogP contribution is -2.68. The molecule has 1 saturated heterocycles. The SMILES string of the molecule is CO[C@@H]1[C@@H](NC(=O)O)[C@@H](O)[C@H](Oc2ccc3c(O)c(NC(=O)c4ccc(O)c(CC=C(C)C)c4)c(=O)oc3c2C)OC1(C)C. The topological polar surface area (TPSA) is 197 Å². The number of benzene rings is 2. The Balaban J connectivity index is 1.63. The Bertz CT molecular complexity index is 1670. The number of methoxy groups -OCH3 is 1. The molecule has 4 rings (SSSR count). The van der Waals surface area contributed by atoms with Crippen molar-refractivity contribution >= 4 is 28.7 Å². The van der Waals surface area contributed by atoms with Crippen LogP contribution in [0.1, 0.15) is 49.2 Å². The number of ether oxygens (including phenoxy) is 3. The molecule has 4 atom stereocenters. The van der Waals surface area contributed by atoms with E-state index in [1.807, 2.05) is 19.9 Å². The van der Waals surface area contributed by atoms with E-state index in [4.69, 9.17) is 18.6 Å². The van der Waals surface area contributed by atoms with E-state index in [0.717, 1.165) is 5.57 Å². The summed E-state index contributed by atoms with van der Waals surface area (Å²) < 4.78 is 22.8. The van der Waals surface area contributed by atoms with Crippen LogP contribution < -0.4 is 21.0 Å². The van der Waals surface area contributed by atoms with Crippen molar-refractivity contribution < 1.29 is 48.6 Å². The van der Waals surface area contributed by atoms with E-state index in [1.54, 1.807) is 20.8 Å². The van der Waals surface area contributed by atoms with Gasteiger partial charge in [0.25, 0.3) is 5.91 Å². The standard InChI is InChI=1S/C31H36N2O11/c1-14(2)7-8-16-13-17(9-11-19(16)34)27(37)32-22-23(35)18-10-12-20(15(3)25(18)43-28(22)38)42-29-24(36)21(33-30(39)40)26(41-6)31(4,5)44-29/h7,9-13,21,24,26,29,33-36H,8H2,1-6H3,(H,32,37)(H,39,40)/t21-,24+,26+,29+/m0/s1. The molecule has 1 aromatic heterocycles. The number of carbonyl (C=O) groups excluding carboxylic acids is 1. The van der Waals surface area contributed by atoms with E-state index in [0.29, 0.717) is 12.0 Å². The highest BCUT2D eigenvalue weighted by Crippen LogP contribution is 2.38. The van der Waals surface area contributed by atoms with Gasteiger partial charge in [-0.25, -0.2) is 9.59 Å².